The fourth-order valence-electron chi connectivity index (χ4n) is 7.86. The van der Waals surface area contributed by atoms with Crippen molar-refractivity contribution in [2.45, 2.75) is 117 Å². The van der Waals surface area contributed by atoms with E-state index in [1.165, 1.54) is 7.11 Å². The minimum absolute atomic E-state index is 0.0196. The van der Waals surface area contributed by atoms with Gasteiger partial charge in [0.15, 0.2) is 11.8 Å². The van der Waals surface area contributed by atoms with Gasteiger partial charge in [-0.2, -0.15) is 0 Å². The van der Waals surface area contributed by atoms with Crippen LogP contribution in [-0.2, 0) is 28.7 Å². The predicted molar refractivity (Wildman–Crippen MR) is 203 cm³/mol. The lowest BCUT2D eigenvalue weighted by Gasteiger charge is -2.41. The first-order valence-electron chi connectivity index (χ1n) is 19.1. The van der Waals surface area contributed by atoms with Gasteiger partial charge in [-0.15, -0.1) is 0 Å². The molecule has 53 heavy (non-hydrogen) atoms. The van der Waals surface area contributed by atoms with Gasteiger partial charge >= 0.3 is 5.97 Å². The van der Waals surface area contributed by atoms with Crippen LogP contribution in [0.1, 0.15) is 92.2 Å². The summed E-state index contributed by atoms with van der Waals surface area (Å²) in [7, 11) is 4.98. The van der Waals surface area contributed by atoms with E-state index in [1.54, 1.807) is 61.2 Å². The second kappa shape index (κ2) is 21.5. The predicted octanol–water partition coefficient (Wildman–Crippen LogP) is 3.28. The van der Waals surface area contributed by atoms with Crippen LogP contribution in [0.4, 0.5) is 0 Å². The molecule has 5 N–H and O–H groups in total. The number of methoxy groups -OCH3 is 1. The van der Waals surface area contributed by atoms with E-state index in [0.29, 0.717) is 31.4 Å². The Morgan fingerprint density at radius 3 is 2.09 bits per heavy atom. The molecule has 0 saturated carbocycles. The molecular weight excluding hydrogens is 680 g/mol. The van der Waals surface area contributed by atoms with E-state index in [9.17, 15) is 39.3 Å². The van der Waals surface area contributed by atoms with Gasteiger partial charge < -0.3 is 40.5 Å². The van der Waals surface area contributed by atoms with Gasteiger partial charge in [-0.3, -0.25) is 19.2 Å². The van der Waals surface area contributed by atoms with Crippen LogP contribution in [-0.4, -0.2) is 119 Å². The highest BCUT2D eigenvalue weighted by Gasteiger charge is 2.43. The third-order valence-corrected chi connectivity index (χ3v) is 11.3. The molecule has 1 aromatic carbocycles. The number of rotatable bonds is 22. The Labute approximate surface area is 316 Å². The number of carbonyl (C=O) groups is 5. The number of aliphatic hydroxyl groups excluding tert-OH is 2. The standard InChI is InChI=1S/C40H66N4O9/c1-11-25(6)36(43(9)39(50)28(23(2)3)20-31(46)34(41-8)24(4)5)32(53-10)21-33(47)44-19-15-18-30(44)29(22-45)26(7)38(49)42-35(40(51)52)37(48)27-16-13-12-14-17-27/h12-14,16-17,23-26,28-30,32,34-37,41,45,48H,11,15,18-22H2,1-10H3,(H,42,49)(H,51,52)/t25-,26+,28-,29+,30-,32+,34?,35?,36-,37?/m0/s1. The summed E-state index contributed by atoms with van der Waals surface area (Å²) in [6, 6.07) is 5.20. The van der Waals surface area contributed by atoms with Crippen molar-refractivity contribution in [3.63, 3.8) is 0 Å². The van der Waals surface area contributed by atoms with E-state index in [0.717, 1.165) is 0 Å². The van der Waals surface area contributed by atoms with Crippen molar-refractivity contribution < 1.29 is 44.0 Å². The number of likely N-dealkylation sites (tertiary alicyclic amines) is 1. The first-order valence-corrected chi connectivity index (χ1v) is 19.1. The molecule has 3 amide bonds. The third kappa shape index (κ3) is 11.8. The van der Waals surface area contributed by atoms with Gasteiger partial charge in [-0.1, -0.05) is 85.2 Å². The van der Waals surface area contributed by atoms with Crippen LogP contribution in [0.25, 0.3) is 0 Å². The third-order valence-electron chi connectivity index (χ3n) is 11.3. The molecule has 0 aliphatic carbocycles. The molecule has 1 fully saturated rings. The van der Waals surface area contributed by atoms with Crippen molar-refractivity contribution in [1.82, 2.24) is 20.4 Å². The zero-order valence-electron chi connectivity index (χ0n) is 33.5. The molecule has 13 nitrogen and oxygen atoms in total. The molecule has 13 heteroatoms. The average Bonchev–Trinajstić information content (AvgIpc) is 3.61. The van der Waals surface area contributed by atoms with Crippen molar-refractivity contribution in [1.29, 1.82) is 0 Å². The topological polar surface area (TPSA) is 186 Å². The Balaban J connectivity index is 2.28. The number of carbonyl (C=O) groups excluding carboxylic acids is 4. The molecule has 1 heterocycles. The van der Waals surface area contributed by atoms with Gasteiger partial charge in [-0.25, -0.2) is 4.79 Å². The first kappa shape index (κ1) is 45.8. The molecule has 1 saturated heterocycles. The van der Waals surface area contributed by atoms with Gasteiger partial charge in [-0.05, 0) is 43.2 Å². The molecule has 0 bridgehead atoms. The number of carboxylic acid groups (broad SMARTS) is 1. The number of amides is 3. The van der Waals surface area contributed by atoms with Gasteiger partial charge in [0.05, 0.1) is 24.6 Å². The van der Waals surface area contributed by atoms with Crippen molar-refractivity contribution in [2.24, 2.45) is 35.5 Å². The van der Waals surface area contributed by atoms with Crippen LogP contribution in [0.2, 0.25) is 0 Å². The zero-order valence-corrected chi connectivity index (χ0v) is 33.5. The molecule has 3 unspecified atom stereocenters. The Morgan fingerprint density at radius 1 is 0.981 bits per heavy atom. The number of hydrogen-bond donors (Lipinski definition) is 5. The number of hydrogen-bond acceptors (Lipinski definition) is 9. The quantitative estimate of drug-likeness (QED) is 0.118. The number of ether oxygens (including phenoxy) is 1. The summed E-state index contributed by atoms with van der Waals surface area (Å²) >= 11 is 0. The number of nitrogens with zero attached hydrogens (tertiary/aromatic N) is 2. The minimum Gasteiger partial charge on any atom is -0.480 e. The van der Waals surface area contributed by atoms with Crippen LogP contribution in [0, 0.1) is 35.5 Å². The van der Waals surface area contributed by atoms with Gasteiger partial charge in [0.2, 0.25) is 17.7 Å². The van der Waals surface area contributed by atoms with Crippen LogP contribution in [0.3, 0.4) is 0 Å². The average molecular weight is 747 g/mol. The van der Waals surface area contributed by atoms with Crippen LogP contribution < -0.4 is 10.6 Å². The number of nitrogens with one attached hydrogen (secondary N) is 2. The zero-order chi connectivity index (χ0) is 40.2. The Kier molecular flexibility index (Phi) is 18.6. The van der Waals surface area contributed by atoms with Gasteiger partial charge in [0.1, 0.15) is 6.10 Å². The Hall–Kier alpha value is -3.39. The highest BCUT2D eigenvalue weighted by molar-refractivity contribution is 5.90. The van der Waals surface area contributed by atoms with Gasteiger partial charge in [0.25, 0.3) is 0 Å². The Morgan fingerprint density at radius 2 is 1.60 bits per heavy atom. The minimum atomic E-state index is -1.62. The SMILES string of the molecule is CC[C@H](C)[C@@H]([C@@H](CC(=O)N1CCC[C@H]1[C@H](CO)[C@@H](C)C(=O)NC(C(=O)O)C(O)c1ccccc1)OC)N(C)C(=O)[C@@H](CC(=O)C(NC)C(C)C)C(C)C. The van der Waals surface area contributed by atoms with Crippen molar-refractivity contribution >= 4 is 29.5 Å². The summed E-state index contributed by atoms with van der Waals surface area (Å²) in [5.74, 6) is -4.77. The van der Waals surface area contributed by atoms with Crippen LogP contribution >= 0.6 is 0 Å². The summed E-state index contributed by atoms with van der Waals surface area (Å²) in [4.78, 5) is 70.5. The van der Waals surface area contributed by atoms with Gasteiger partial charge in [0, 0.05) is 57.5 Å². The number of likely N-dealkylation sites (N-methyl/N-ethyl adjacent to an activating group) is 2. The molecule has 2 rings (SSSR count). The maximum Gasteiger partial charge on any atom is 0.329 e. The number of carboxylic acids is 1. The first-order chi connectivity index (χ1) is 25.0. The number of Topliss-reactive ketones (excluding diaryl/α,β-unsaturated/α-hetero) is 1. The molecule has 300 valence electrons. The summed E-state index contributed by atoms with van der Waals surface area (Å²) in [5.41, 5.74) is 0.330. The largest absolute Gasteiger partial charge is 0.480 e. The molecule has 0 aromatic heterocycles. The fourth-order valence-corrected chi connectivity index (χ4v) is 7.86. The lowest BCUT2D eigenvalue weighted by molar-refractivity contribution is -0.148. The number of aliphatic carboxylic acids is 1. The second-order valence-electron chi connectivity index (χ2n) is 15.4. The monoisotopic (exact) mass is 746 g/mol. The van der Waals surface area contributed by atoms with E-state index in [4.69, 9.17) is 4.74 Å². The van der Waals surface area contributed by atoms with E-state index < -0.39 is 66.6 Å². The summed E-state index contributed by atoms with van der Waals surface area (Å²) in [5, 5.41) is 36.7. The van der Waals surface area contributed by atoms with Crippen molar-refractivity contribution in [3.8, 4) is 0 Å². The van der Waals surface area contributed by atoms with Crippen LogP contribution in [0.15, 0.2) is 30.3 Å². The normalized spacial score (nSPS) is 19.8. The molecule has 1 aliphatic rings. The highest BCUT2D eigenvalue weighted by Crippen LogP contribution is 2.32. The van der Waals surface area contributed by atoms with Crippen molar-refractivity contribution in [3.05, 3.63) is 35.9 Å². The number of aliphatic hydroxyl groups is 2. The van der Waals surface area contributed by atoms with E-state index in [-0.39, 0.29) is 54.2 Å². The Bertz CT molecular complexity index is 1340. The molecule has 1 aliphatic heterocycles. The van der Waals surface area contributed by atoms with E-state index in [1.807, 2.05) is 41.5 Å². The maximum atomic E-state index is 14.2. The second-order valence-corrected chi connectivity index (χ2v) is 15.4. The molecular formula is C40H66N4O9. The highest BCUT2D eigenvalue weighted by atomic mass is 16.5. The molecule has 0 radical (unpaired) electrons. The maximum absolute atomic E-state index is 14.2. The lowest BCUT2D eigenvalue weighted by Crippen LogP contribution is -2.54. The van der Waals surface area contributed by atoms with Crippen molar-refractivity contribution in [2.75, 3.05) is 34.4 Å². The fraction of sp³-hybridized carbons (Fsp3) is 0.725. The van der Waals surface area contributed by atoms with Crippen LogP contribution in [0.5, 0.6) is 0 Å². The summed E-state index contributed by atoms with van der Waals surface area (Å²) < 4.78 is 5.97. The van der Waals surface area contributed by atoms with E-state index >= 15 is 0 Å². The summed E-state index contributed by atoms with van der Waals surface area (Å²) in [6.45, 7) is 13.4. The molecule has 10 atom stereocenters. The van der Waals surface area contributed by atoms with E-state index in [2.05, 4.69) is 10.6 Å². The lowest BCUT2D eigenvalue weighted by atomic mass is 9.83. The number of ketones is 1. The molecule has 1 aromatic rings. The molecule has 0 spiro atoms. The summed E-state index contributed by atoms with van der Waals surface area (Å²) in [6.07, 6.45) is -0.259. The number of benzene rings is 1. The smallest absolute Gasteiger partial charge is 0.329 e.